The number of H-pyrrole nitrogens is 1. The van der Waals surface area contributed by atoms with Gasteiger partial charge < -0.3 is 10.1 Å². The molecule has 0 aliphatic heterocycles. The molecule has 0 aliphatic rings. The Bertz CT molecular complexity index is 733. The van der Waals surface area contributed by atoms with E-state index in [2.05, 4.69) is 35.9 Å². The van der Waals surface area contributed by atoms with Gasteiger partial charge in [0, 0.05) is 0 Å². The number of nitrogens with zero attached hydrogens (tertiary/aromatic N) is 1. The van der Waals surface area contributed by atoms with Crippen molar-refractivity contribution >= 4 is 11.0 Å². The molecule has 0 spiro atoms. The van der Waals surface area contributed by atoms with E-state index >= 15 is 0 Å². The van der Waals surface area contributed by atoms with Crippen molar-refractivity contribution in [1.82, 2.24) is 9.97 Å². The molecule has 0 aliphatic carbocycles. The molecule has 19 heavy (non-hydrogen) atoms. The highest BCUT2D eigenvalue weighted by molar-refractivity contribution is 5.82. The Morgan fingerprint density at radius 3 is 2.53 bits per heavy atom. The van der Waals surface area contributed by atoms with Gasteiger partial charge in [0.15, 0.2) is 0 Å². The molecule has 0 radical (unpaired) electrons. The normalized spacial score (nSPS) is 11.1. The molecular formula is C16H16N2O. The highest BCUT2D eigenvalue weighted by atomic mass is 16.3. The molecule has 2 aromatic carbocycles. The average molecular weight is 252 g/mol. The molecule has 3 nitrogen and oxygen atoms in total. The van der Waals surface area contributed by atoms with Crippen LogP contribution in [0.1, 0.15) is 16.7 Å². The van der Waals surface area contributed by atoms with Crippen molar-refractivity contribution in [2.24, 2.45) is 0 Å². The highest BCUT2D eigenvalue weighted by Gasteiger charge is 2.11. The SMILES string of the molecule is Cc1cc2nc(-c3cccc(C)c3O)[nH]c2cc1C. The number of phenols is 1. The molecule has 1 aromatic heterocycles. The first-order valence-electron chi connectivity index (χ1n) is 6.32. The third-order valence-corrected chi connectivity index (χ3v) is 3.59. The molecule has 0 amide bonds. The second kappa shape index (κ2) is 4.12. The number of imidazole rings is 1. The number of rotatable bonds is 1. The van der Waals surface area contributed by atoms with Crippen LogP contribution in [-0.2, 0) is 0 Å². The minimum absolute atomic E-state index is 0.287. The van der Waals surface area contributed by atoms with E-state index in [1.165, 1.54) is 11.1 Å². The summed E-state index contributed by atoms with van der Waals surface area (Å²) in [6.07, 6.45) is 0. The van der Waals surface area contributed by atoms with E-state index in [1.807, 2.05) is 25.1 Å². The van der Waals surface area contributed by atoms with Gasteiger partial charge in [-0.15, -0.1) is 0 Å². The minimum atomic E-state index is 0.287. The van der Waals surface area contributed by atoms with Gasteiger partial charge in [-0.25, -0.2) is 4.98 Å². The lowest BCUT2D eigenvalue weighted by atomic mass is 10.1. The number of aromatic nitrogens is 2. The molecule has 0 atom stereocenters. The molecule has 3 aromatic rings. The number of phenolic OH excluding ortho intramolecular Hbond substituents is 1. The zero-order chi connectivity index (χ0) is 13.6. The predicted octanol–water partition coefficient (Wildman–Crippen LogP) is 3.86. The Kier molecular flexibility index (Phi) is 2.56. The molecular weight excluding hydrogens is 236 g/mol. The van der Waals surface area contributed by atoms with Gasteiger partial charge in [0.2, 0.25) is 0 Å². The average Bonchev–Trinajstić information content (AvgIpc) is 2.76. The van der Waals surface area contributed by atoms with Crippen molar-refractivity contribution in [2.75, 3.05) is 0 Å². The monoisotopic (exact) mass is 252 g/mol. The fourth-order valence-corrected chi connectivity index (χ4v) is 2.25. The molecule has 1 heterocycles. The van der Waals surface area contributed by atoms with E-state index in [0.29, 0.717) is 5.82 Å². The highest BCUT2D eigenvalue weighted by Crippen LogP contribution is 2.31. The number of hydrogen-bond acceptors (Lipinski definition) is 2. The van der Waals surface area contributed by atoms with Crippen LogP contribution in [0.2, 0.25) is 0 Å². The number of fused-ring (bicyclic) bond motifs is 1. The van der Waals surface area contributed by atoms with Crippen molar-refractivity contribution in [2.45, 2.75) is 20.8 Å². The Morgan fingerprint density at radius 2 is 1.74 bits per heavy atom. The van der Waals surface area contributed by atoms with Crippen LogP contribution in [0.15, 0.2) is 30.3 Å². The predicted molar refractivity (Wildman–Crippen MR) is 77.4 cm³/mol. The van der Waals surface area contributed by atoms with E-state index in [1.54, 1.807) is 0 Å². The van der Waals surface area contributed by atoms with Gasteiger partial charge >= 0.3 is 0 Å². The number of aryl methyl sites for hydroxylation is 3. The van der Waals surface area contributed by atoms with Crippen LogP contribution < -0.4 is 0 Å². The summed E-state index contributed by atoms with van der Waals surface area (Å²) in [6.45, 7) is 6.04. The summed E-state index contributed by atoms with van der Waals surface area (Å²) in [5, 5.41) is 10.1. The Morgan fingerprint density at radius 1 is 1.00 bits per heavy atom. The third-order valence-electron chi connectivity index (χ3n) is 3.59. The third kappa shape index (κ3) is 1.87. The van der Waals surface area contributed by atoms with E-state index in [-0.39, 0.29) is 5.75 Å². The fourth-order valence-electron chi connectivity index (χ4n) is 2.25. The molecule has 3 rings (SSSR count). The Labute approximate surface area is 111 Å². The number of aromatic hydroxyl groups is 1. The van der Waals surface area contributed by atoms with Gasteiger partial charge in [-0.05, 0) is 55.7 Å². The number of aromatic amines is 1. The summed E-state index contributed by atoms with van der Waals surface area (Å²) in [6, 6.07) is 9.84. The van der Waals surface area contributed by atoms with Crippen LogP contribution in [0, 0.1) is 20.8 Å². The molecule has 0 fully saturated rings. The van der Waals surface area contributed by atoms with E-state index < -0.39 is 0 Å². The van der Waals surface area contributed by atoms with Gasteiger partial charge in [-0.1, -0.05) is 12.1 Å². The second-order valence-corrected chi connectivity index (χ2v) is 5.01. The van der Waals surface area contributed by atoms with Crippen LogP contribution in [-0.4, -0.2) is 15.1 Å². The van der Waals surface area contributed by atoms with Crippen molar-refractivity contribution < 1.29 is 5.11 Å². The van der Waals surface area contributed by atoms with Crippen LogP contribution in [0.4, 0.5) is 0 Å². The number of nitrogens with one attached hydrogen (secondary N) is 1. The zero-order valence-corrected chi connectivity index (χ0v) is 11.3. The fraction of sp³-hybridized carbons (Fsp3) is 0.188. The van der Waals surface area contributed by atoms with Crippen molar-refractivity contribution in [1.29, 1.82) is 0 Å². The van der Waals surface area contributed by atoms with E-state index in [0.717, 1.165) is 22.2 Å². The maximum atomic E-state index is 10.1. The second-order valence-electron chi connectivity index (χ2n) is 5.01. The van der Waals surface area contributed by atoms with Gasteiger partial charge in [0.05, 0.1) is 16.6 Å². The number of para-hydroxylation sites is 1. The van der Waals surface area contributed by atoms with Crippen LogP contribution >= 0.6 is 0 Å². The van der Waals surface area contributed by atoms with Crippen LogP contribution in [0.25, 0.3) is 22.4 Å². The minimum Gasteiger partial charge on any atom is -0.507 e. The van der Waals surface area contributed by atoms with Crippen molar-refractivity contribution in [3.8, 4) is 17.1 Å². The Balaban J connectivity index is 2.23. The maximum absolute atomic E-state index is 10.1. The molecule has 0 unspecified atom stereocenters. The maximum Gasteiger partial charge on any atom is 0.142 e. The molecule has 0 bridgehead atoms. The van der Waals surface area contributed by atoms with Gasteiger partial charge in [0.25, 0.3) is 0 Å². The summed E-state index contributed by atoms with van der Waals surface area (Å²) in [4.78, 5) is 7.85. The Hall–Kier alpha value is -2.29. The van der Waals surface area contributed by atoms with E-state index in [9.17, 15) is 5.11 Å². The summed E-state index contributed by atoms with van der Waals surface area (Å²) in [5.41, 5.74) is 5.98. The van der Waals surface area contributed by atoms with Crippen molar-refractivity contribution in [3.63, 3.8) is 0 Å². The molecule has 2 N–H and O–H groups in total. The molecule has 3 heteroatoms. The van der Waals surface area contributed by atoms with E-state index in [4.69, 9.17) is 0 Å². The summed E-state index contributed by atoms with van der Waals surface area (Å²) >= 11 is 0. The molecule has 0 saturated carbocycles. The number of hydrogen-bond donors (Lipinski definition) is 2. The first kappa shape index (κ1) is 11.8. The standard InChI is InChI=1S/C16H16N2O/c1-9-5-4-6-12(15(9)19)16-17-13-7-10(2)11(3)8-14(13)18-16/h4-8,19H,1-3H3,(H,17,18). The zero-order valence-electron chi connectivity index (χ0n) is 11.3. The first-order chi connectivity index (χ1) is 9.06. The lowest BCUT2D eigenvalue weighted by molar-refractivity contribution is 0.473. The van der Waals surface area contributed by atoms with Gasteiger partial charge in [-0.3, -0.25) is 0 Å². The summed E-state index contributed by atoms with van der Waals surface area (Å²) in [7, 11) is 0. The number of benzene rings is 2. The smallest absolute Gasteiger partial charge is 0.142 e. The van der Waals surface area contributed by atoms with Gasteiger partial charge in [0.1, 0.15) is 11.6 Å². The van der Waals surface area contributed by atoms with Crippen molar-refractivity contribution in [3.05, 3.63) is 47.0 Å². The van der Waals surface area contributed by atoms with Crippen LogP contribution in [0.5, 0.6) is 5.75 Å². The largest absolute Gasteiger partial charge is 0.507 e. The summed E-state index contributed by atoms with van der Waals surface area (Å²) in [5.74, 6) is 0.996. The molecule has 96 valence electrons. The van der Waals surface area contributed by atoms with Crippen LogP contribution in [0.3, 0.4) is 0 Å². The van der Waals surface area contributed by atoms with Gasteiger partial charge in [-0.2, -0.15) is 0 Å². The molecule has 0 saturated heterocycles. The topological polar surface area (TPSA) is 48.9 Å². The lowest BCUT2D eigenvalue weighted by Gasteiger charge is -2.03. The lowest BCUT2D eigenvalue weighted by Crippen LogP contribution is -1.83. The summed E-state index contributed by atoms with van der Waals surface area (Å²) < 4.78 is 0. The first-order valence-corrected chi connectivity index (χ1v) is 6.32. The quantitative estimate of drug-likeness (QED) is 0.691.